The van der Waals surface area contributed by atoms with Crippen molar-refractivity contribution < 1.29 is 19.1 Å². The fraction of sp³-hybridized carbons (Fsp3) is 0.692. The minimum Gasteiger partial charge on any atom is -0.468 e. The van der Waals surface area contributed by atoms with Crippen LogP contribution in [0.4, 0.5) is 0 Å². The summed E-state index contributed by atoms with van der Waals surface area (Å²) < 4.78 is 10.0. The molecule has 0 aromatic heterocycles. The number of hydrogen-bond donors (Lipinski definition) is 0. The van der Waals surface area contributed by atoms with E-state index < -0.39 is 17.4 Å². The molecule has 2 aliphatic rings. The van der Waals surface area contributed by atoms with E-state index >= 15 is 0 Å². The number of carbonyl (C=O) groups excluding carboxylic acids is 2. The quantitative estimate of drug-likeness (QED) is 0.418. The van der Waals surface area contributed by atoms with Crippen LogP contribution in [-0.4, -0.2) is 25.2 Å². The monoisotopic (exact) mass is 238 g/mol. The largest absolute Gasteiger partial charge is 0.468 e. The molecule has 4 nitrogen and oxygen atoms in total. The highest BCUT2D eigenvalue weighted by Gasteiger charge is 2.59. The molecule has 1 saturated carbocycles. The lowest BCUT2D eigenvalue weighted by molar-refractivity contribution is -0.163. The fourth-order valence-electron chi connectivity index (χ4n) is 2.99. The third-order valence-corrected chi connectivity index (χ3v) is 3.56. The van der Waals surface area contributed by atoms with Crippen molar-refractivity contribution >= 4 is 11.9 Å². The Hall–Kier alpha value is -1.32. The van der Waals surface area contributed by atoms with Gasteiger partial charge in [-0.05, 0) is 32.6 Å². The van der Waals surface area contributed by atoms with Gasteiger partial charge in [-0.25, -0.2) is 0 Å². The van der Waals surface area contributed by atoms with Gasteiger partial charge in [0, 0.05) is 6.42 Å². The Labute approximate surface area is 101 Å². The lowest BCUT2D eigenvalue weighted by Gasteiger charge is -2.29. The Kier molecular flexibility index (Phi) is 2.98. The molecule has 4 heteroatoms. The molecule has 0 N–H and O–H groups in total. The van der Waals surface area contributed by atoms with Gasteiger partial charge in [-0.15, -0.1) is 0 Å². The number of fused-ring (bicyclic) bond motifs is 2. The summed E-state index contributed by atoms with van der Waals surface area (Å²) in [4.78, 5) is 23.7. The molecule has 1 heterocycles. The Morgan fingerprint density at radius 1 is 1.47 bits per heavy atom. The maximum Gasteiger partial charge on any atom is 0.323 e. The minimum atomic E-state index is -1.05. The van der Waals surface area contributed by atoms with E-state index in [1.54, 1.807) is 0 Å². The van der Waals surface area contributed by atoms with Crippen LogP contribution in [0, 0.1) is 11.3 Å². The van der Waals surface area contributed by atoms with Crippen molar-refractivity contribution in [3.8, 4) is 0 Å². The van der Waals surface area contributed by atoms with Crippen LogP contribution < -0.4 is 0 Å². The second kappa shape index (κ2) is 4.17. The summed E-state index contributed by atoms with van der Waals surface area (Å²) in [5.41, 5.74) is 0.151. The molecule has 0 spiro atoms. The summed E-state index contributed by atoms with van der Waals surface area (Å²) in [5.74, 6) is -0.625. The third kappa shape index (κ3) is 1.96. The number of carbonyl (C=O) groups is 2. The van der Waals surface area contributed by atoms with Crippen molar-refractivity contribution in [3.63, 3.8) is 0 Å². The van der Waals surface area contributed by atoms with Crippen molar-refractivity contribution in [2.75, 3.05) is 7.11 Å². The first kappa shape index (κ1) is 12.1. The van der Waals surface area contributed by atoms with Gasteiger partial charge in [-0.2, -0.15) is 0 Å². The van der Waals surface area contributed by atoms with Gasteiger partial charge >= 0.3 is 11.9 Å². The van der Waals surface area contributed by atoms with Gasteiger partial charge in [-0.1, -0.05) is 11.6 Å². The molecule has 3 atom stereocenters. The van der Waals surface area contributed by atoms with Crippen molar-refractivity contribution in [1.82, 2.24) is 0 Å². The van der Waals surface area contributed by atoms with Crippen LogP contribution in [0.5, 0.6) is 0 Å². The number of esters is 2. The lowest BCUT2D eigenvalue weighted by Crippen LogP contribution is -2.40. The Balaban J connectivity index is 2.27. The standard InChI is InChI=1S/C13H18O4/c1-8(2)4-9-5-10-7-13(6-9,11(14)16-3)12(15)17-10/h4,9-10H,5-7H2,1-3H3/t9-,10-,13+/m0/s1. The van der Waals surface area contributed by atoms with Gasteiger partial charge in [0.25, 0.3) is 0 Å². The predicted octanol–water partition coefficient (Wildman–Crippen LogP) is 1.84. The van der Waals surface area contributed by atoms with Crippen LogP contribution in [0.1, 0.15) is 33.1 Å². The number of hydrogen-bond acceptors (Lipinski definition) is 4. The molecule has 0 aromatic carbocycles. The summed E-state index contributed by atoms with van der Waals surface area (Å²) in [7, 11) is 1.32. The molecule has 0 unspecified atom stereocenters. The third-order valence-electron chi connectivity index (χ3n) is 3.56. The SMILES string of the molecule is COC(=O)[C@@]12C[C@@H](C=C(C)C)C[C@@H](C1)OC2=O. The van der Waals surface area contributed by atoms with Crippen LogP contribution in [-0.2, 0) is 19.1 Å². The Morgan fingerprint density at radius 2 is 2.18 bits per heavy atom. The number of allylic oxidation sites excluding steroid dienone is 2. The average Bonchev–Trinajstić information content (AvgIpc) is 2.48. The van der Waals surface area contributed by atoms with Crippen LogP contribution >= 0.6 is 0 Å². The van der Waals surface area contributed by atoms with Crippen molar-refractivity contribution in [2.24, 2.45) is 11.3 Å². The number of methoxy groups -OCH3 is 1. The second-order valence-corrected chi connectivity index (χ2v) is 5.25. The van der Waals surface area contributed by atoms with Gasteiger partial charge < -0.3 is 9.47 Å². The molecular weight excluding hydrogens is 220 g/mol. The van der Waals surface area contributed by atoms with Crippen LogP contribution in [0.2, 0.25) is 0 Å². The maximum absolute atomic E-state index is 11.9. The van der Waals surface area contributed by atoms with E-state index in [0.29, 0.717) is 12.8 Å². The zero-order valence-corrected chi connectivity index (χ0v) is 10.5. The average molecular weight is 238 g/mol. The van der Waals surface area contributed by atoms with Crippen LogP contribution in [0.25, 0.3) is 0 Å². The molecule has 2 fully saturated rings. The molecule has 1 aliphatic heterocycles. The molecule has 17 heavy (non-hydrogen) atoms. The van der Waals surface area contributed by atoms with Crippen molar-refractivity contribution in [1.29, 1.82) is 0 Å². The highest BCUT2D eigenvalue weighted by atomic mass is 16.6. The molecule has 0 radical (unpaired) electrons. The van der Waals surface area contributed by atoms with E-state index in [9.17, 15) is 9.59 Å². The van der Waals surface area contributed by atoms with Crippen LogP contribution in [0.15, 0.2) is 11.6 Å². The molecule has 2 bridgehead atoms. The van der Waals surface area contributed by atoms with Gasteiger partial charge in [-0.3, -0.25) is 9.59 Å². The van der Waals surface area contributed by atoms with Gasteiger partial charge in [0.2, 0.25) is 0 Å². The first-order chi connectivity index (χ1) is 7.98. The van der Waals surface area contributed by atoms with E-state index in [1.165, 1.54) is 12.7 Å². The second-order valence-electron chi connectivity index (χ2n) is 5.25. The zero-order valence-electron chi connectivity index (χ0n) is 10.5. The van der Waals surface area contributed by atoms with E-state index in [2.05, 4.69) is 6.08 Å². The zero-order chi connectivity index (χ0) is 12.6. The Bertz CT molecular complexity index is 371. The first-order valence-corrected chi connectivity index (χ1v) is 5.92. The first-order valence-electron chi connectivity index (χ1n) is 5.92. The van der Waals surface area contributed by atoms with E-state index in [0.717, 1.165) is 6.42 Å². The normalized spacial score (nSPS) is 35.1. The van der Waals surface area contributed by atoms with Crippen molar-refractivity contribution in [3.05, 3.63) is 11.6 Å². The number of rotatable bonds is 2. The predicted molar refractivity (Wildman–Crippen MR) is 61.1 cm³/mol. The minimum absolute atomic E-state index is 0.129. The van der Waals surface area contributed by atoms with E-state index in [4.69, 9.17) is 9.47 Å². The fourth-order valence-corrected chi connectivity index (χ4v) is 2.99. The van der Waals surface area contributed by atoms with Gasteiger partial charge in [0.1, 0.15) is 6.10 Å². The van der Waals surface area contributed by atoms with Crippen LogP contribution in [0.3, 0.4) is 0 Å². The highest BCUT2D eigenvalue weighted by molar-refractivity contribution is 6.01. The van der Waals surface area contributed by atoms with E-state index in [-0.39, 0.29) is 12.0 Å². The molecule has 2 rings (SSSR count). The molecule has 0 amide bonds. The van der Waals surface area contributed by atoms with Gasteiger partial charge in [0.15, 0.2) is 5.41 Å². The van der Waals surface area contributed by atoms with Crippen molar-refractivity contribution in [2.45, 2.75) is 39.2 Å². The molecule has 1 aliphatic carbocycles. The number of ether oxygens (including phenoxy) is 2. The Morgan fingerprint density at radius 3 is 2.76 bits per heavy atom. The summed E-state index contributed by atoms with van der Waals surface area (Å²) in [5, 5.41) is 0. The summed E-state index contributed by atoms with van der Waals surface area (Å²) in [6.07, 6.45) is 3.80. The maximum atomic E-state index is 11.9. The van der Waals surface area contributed by atoms with E-state index in [1.807, 2.05) is 13.8 Å². The topological polar surface area (TPSA) is 52.6 Å². The molecular formula is C13H18O4. The smallest absolute Gasteiger partial charge is 0.323 e. The summed E-state index contributed by atoms with van der Waals surface area (Å²) >= 11 is 0. The lowest BCUT2D eigenvalue weighted by atomic mass is 9.70. The molecule has 0 aromatic rings. The summed E-state index contributed by atoms with van der Waals surface area (Å²) in [6.45, 7) is 4.04. The molecule has 94 valence electrons. The van der Waals surface area contributed by atoms with Gasteiger partial charge in [0.05, 0.1) is 7.11 Å². The molecule has 1 saturated heterocycles. The highest BCUT2D eigenvalue weighted by Crippen LogP contribution is 2.48. The summed E-state index contributed by atoms with van der Waals surface area (Å²) in [6, 6.07) is 0.